The van der Waals surface area contributed by atoms with Crippen LogP contribution in [0.2, 0.25) is 0 Å². The second-order valence-electron chi connectivity index (χ2n) is 5.56. The molecule has 3 heteroatoms. The van der Waals surface area contributed by atoms with Gasteiger partial charge in [-0.2, -0.15) is 0 Å². The van der Waals surface area contributed by atoms with Gasteiger partial charge in [0.05, 0.1) is 13.2 Å². The number of rotatable bonds is 3. The highest BCUT2D eigenvalue weighted by Crippen LogP contribution is 2.40. The number of ether oxygens (including phenoxy) is 1. The number of morpholine rings is 1. The standard InChI is InChI=1S/C15H22N2O/c16-15(6-3-7-15)14-5-2-1-4-13(14)12-17-8-10-18-11-9-17/h1-2,4-5H,3,6-12,16H2. The molecule has 0 aromatic heterocycles. The Labute approximate surface area is 109 Å². The minimum absolute atomic E-state index is 0.0527. The van der Waals surface area contributed by atoms with Gasteiger partial charge in [0.2, 0.25) is 0 Å². The van der Waals surface area contributed by atoms with Crippen molar-refractivity contribution in [3.63, 3.8) is 0 Å². The van der Waals surface area contributed by atoms with E-state index >= 15 is 0 Å². The molecule has 2 aliphatic rings. The SMILES string of the molecule is NC1(c2ccccc2CN2CCOCC2)CCC1. The molecule has 0 spiro atoms. The molecule has 1 aromatic carbocycles. The van der Waals surface area contributed by atoms with Crippen LogP contribution < -0.4 is 5.73 Å². The normalized spacial score (nSPS) is 23.6. The van der Waals surface area contributed by atoms with E-state index in [-0.39, 0.29) is 5.54 Å². The van der Waals surface area contributed by atoms with Crippen LogP contribution in [0.4, 0.5) is 0 Å². The molecule has 0 atom stereocenters. The summed E-state index contributed by atoms with van der Waals surface area (Å²) in [6, 6.07) is 8.69. The molecule has 1 saturated heterocycles. The molecule has 3 rings (SSSR count). The van der Waals surface area contributed by atoms with Gasteiger partial charge < -0.3 is 10.5 Å². The molecule has 0 radical (unpaired) electrons. The van der Waals surface area contributed by atoms with Crippen molar-refractivity contribution in [3.05, 3.63) is 35.4 Å². The number of hydrogen-bond acceptors (Lipinski definition) is 3. The van der Waals surface area contributed by atoms with Crippen LogP contribution >= 0.6 is 0 Å². The molecule has 2 fully saturated rings. The van der Waals surface area contributed by atoms with Gasteiger partial charge in [0.25, 0.3) is 0 Å². The monoisotopic (exact) mass is 246 g/mol. The fourth-order valence-electron chi connectivity index (χ4n) is 2.97. The van der Waals surface area contributed by atoms with Crippen LogP contribution in [0, 0.1) is 0 Å². The fourth-order valence-corrected chi connectivity index (χ4v) is 2.97. The van der Waals surface area contributed by atoms with Crippen LogP contribution in [-0.4, -0.2) is 31.2 Å². The third-order valence-electron chi connectivity index (χ3n) is 4.30. The molecule has 0 unspecified atom stereocenters. The lowest BCUT2D eigenvalue weighted by molar-refractivity contribution is 0.0338. The quantitative estimate of drug-likeness (QED) is 0.884. The molecule has 1 aliphatic carbocycles. The van der Waals surface area contributed by atoms with E-state index in [9.17, 15) is 0 Å². The Morgan fingerprint density at radius 3 is 2.56 bits per heavy atom. The zero-order valence-electron chi connectivity index (χ0n) is 10.9. The molecule has 1 saturated carbocycles. The van der Waals surface area contributed by atoms with Crippen molar-refractivity contribution in [3.8, 4) is 0 Å². The van der Waals surface area contributed by atoms with Crippen LogP contribution in [-0.2, 0) is 16.8 Å². The van der Waals surface area contributed by atoms with Crippen molar-refractivity contribution in [2.75, 3.05) is 26.3 Å². The van der Waals surface area contributed by atoms with E-state index in [1.54, 1.807) is 0 Å². The predicted molar refractivity (Wildman–Crippen MR) is 72.3 cm³/mol. The predicted octanol–water partition coefficient (Wildman–Crippen LogP) is 1.86. The zero-order valence-corrected chi connectivity index (χ0v) is 10.9. The molecule has 98 valence electrons. The number of hydrogen-bond donors (Lipinski definition) is 1. The Morgan fingerprint density at radius 2 is 1.89 bits per heavy atom. The topological polar surface area (TPSA) is 38.5 Å². The van der Waals surface area contributed by atoms with Gasteiger partial charge in [-0.05, 0) is 30.4 Å². The maximum absolute atomic E-state index is 6.49. The van der Waals surface area contributed by atoms with Gasteiger partial charge in [0, 0.05) is 25.2 Å². The fraction of sp³-hybridized carbons (Fsp3) is 0.600. The molecule has 1 heterocycles. The van der Waals surface area contributed by atoms with Gasteiger partial charge in [-0.3, -0.25) is 4.90 Å². The summed E-state index contributed by atoms with van der Waals surface area (Å²) in [7, 11) is 0. The van der Waals surface area contributed by atoms with Crippen molar-refractivity contribution in [2.45, 2.75) is 31.3 Å². The van der Waals surface area contributed by atoms with Gasteiger partial charge in [-0.25, -0.2) is 0 Å². The van der Waals surface area contributed by atoms with E-state index in [1.807, 2.05) is 0 Å². The highest BCUT2D eigenvalue weighted by molar-refractivity contribution is 5.35. The van der Waals surface area contributed by atoms with E-state index in [0.29, 0.717) is 0 Å². The minimum atomic E-state index is -0.0527. The van der Waals surface area contributed by atoms with Crippen LogP contribution in [0.1, 0.15) is 30.4 Å². The molecule has 18 heavy (non-hydrogen) atoms. The smallest absolute Gasteiger partial charge is 0.0594 e. The summed E-state index contributed by atoms with van der Waals surface area (Å²) in [5.74, 6) is 0. The first-order valence-electron chi connectivity index (χ1n) is 6.95. The Kier molecular flexibility index (Phi) is 3.37. The Bertz CT molecular complexity index is 409. The van der Waals surface area contributed by atoms with Crippen LogP contribution in [0.15, 0.2) is 24.3 Å². The molecule has 1 aliphatic heterocycles. The summed E-state index contributed by atoms with van der Waals surface area (Å²) >= 11 is 0. The highest BCUT2D eigenvalue weighted by atomic mass is 16.5. The van der Waals surface area contributed by atoms with Crippen molar-refractivity contribution in [2.24, 2.45) is 5.73 Å². The lowest BCUT2D eigenvalue weighted by Crippen LogP contribution is -2.44. The molecule has 0 bridgehead atoms. The van der Waals surface area contributed by atoms with Gasteiger partial charge in [-0.15, -0.1) is 0 Å². The van der Waals surface area contributed by atoms with E-state index < -0.39 is 0 Å². The summed E-state index contributed by atoms with van der Waals surface area (Å²) in [5.41, 5.74) is 9.20. The van der Waals surface area contributed by atoms with Crippen molar-refractivity contribution < 1.29 is 4.74 Å². The largest absolute Gasteiger partial charge is 0.379 e. The van der Waals surface area contributed by atoms with Crippen LogP contribution in [0.25, 0.3) is 0 Å². The Balaban J connectivity index is 1.78. The van der Waals surface area contributed by atoms with E-state index in [4.69, 9.17) is 10.5 Å². The maximum atomic E-state index is 6.49. The summed E-state index contributed by atoms with van der Waals surface area (Å²) in [6.45, 7) is 4.79. The zero-order chi connectivity index (χ0) is 12.4. The summed E-state index contributed by atoms with van der Waals surface area (Å²) < 4.78 is 5.40. The van der Waals surface area contributed by atoms with Gasteiger partial charge in [0.15, 0.2) is 0 Å². The number of nitrogens with zero attached hydrogens (tertiary/aromatic N) is 1. The molecular formula is C15H22N2O. The molecular weight excluding hydrogens is 224 g/mol. The molecule has 1 aromatic rings. The van der Waals surface area contributed by atoms with Gasteiger partial charge in [0.1, 0.15) is 0 Å². The first-order chi connectivity index (χ1) is 8.78. The van der Waals surface area contributed by atoms with E-state index in [0.717, 1.165) is 45.7 Å². The van der Waals surface area contributed by atoms with Gasteiger partial charge in [-0.1, -0.05) is 24.3 Å². The first kappa shape index (κ1) is 12.2. The lowest BCUT2D eigenvalue weighted by Gasteiger charge is -2.40. The number of benzene rings is 1. The number of nitrogens with two attached hydrogens (primary N) is 1. The third-order valence-corrected chi connectivity index (χ3v) is 4.30. The van der Waals surface area contributed by atoms with Crippen molar-refractivity contribution >= 4 is 0 Å². The Morgan fingerprint density at radius 1 is 1.17 bits per heavy atom. The van der Waals surface area contributed by atoms with E-state index in [2.05, 4.69) is 29.2 Å². The maximum Gasteiger partial charge on any atom is 0.0594 e. The van der Waals surface area contributed by atoms with Crippen molar-refractivity contribution in [1.82, 2.24) is 4.90 Å². The minimum Gasteiger partial charge on any atom is -0.379 e. The summed E-state index contributed by atoms with van der Waals surface area (Å²) in [6.07, 6.45) is 3.53. The first-order valence-corrected chi connectivity index (χ1v) is 6.95. The third kappa shape index (κ3) is 2.30. The van der Waals surface area contributed by atoms with Crippen molar-refractivity contribution in [1.29, 1.82) is 0 Å². The average molecular weight is 246 g/mol. The summed E-state index contributed by atoms with van der Waals surface area (Å²) in [5, 5.41) is 0. The molecule has 3 nitrogen and oxygen atoms in total. The average Bonchev–Trinajstić information content (AvgIpc) is 2.38. The highest BCUT2D eigenvalue weighted by Gasteiger charge is 2.35. The van der Waals surface area contributed by atoms with E-state index in [1.165, 1.54) is 17.5 Å². The van der Waals surface area contributed by atoms with Crippen LogP contribution in [0.5, 0.6) is 0 Å². The van der Waals surface area contributed by atoms with Crippen LogP contribution in [0.3, 0.4) is 0 Å². The lowest BCUT2D eigenvalue weighted by atomic mass is 9.71. The Hall–Kier alpha value is -0.900. The molecule has 2 N–H and O–H groups in total. The second-order valence-corrected chi connectivity index (χ2v) is 5.56. The summed E-state index contributed by atoms with van der Waals surface area (Å²) in [4.78, 5) is 2.46. The van der Waals surface area contributed by atoms with Gasteiger partial charge >= 0.3 is 0 Å². The second kappa shape index (κ2) is 5.00. The molecule has 0 amide bonds.